The Labute approximate surface area is 147 Å². The second kappa shape index (κ2) is 7.71. The van der Waals surface area contributed by atoms with Crippen LogP contribution >= 0.6 is 23.4 Å². The third kappa shape index (κ3) is 3.92. The predicted octanol–water partition coefficient (Wildman–Crippen LogP) is 5.13. The number of benzene rings is 1. The summed E-state index contributed by atoms with van der Waals surface area (Å²) in [5.74, 6) is 0.209. The average Bonchev–Trinajstić information content (AvgIpc) is 2.79. The van der Waals surface area contributed by atoms with Crippen LogP contribution in [0.2, 0.25) is 5.02 Å². The molecule has 1 aromatic carbocycles. The molecule has 1 saturated carbocycles. The van der Waals surface area contributed by atoms with E-state index in [0.717, 1.165) is 48.1 Å². The van der Waals surface area contributed by atoms with Gasteiger partial charge in [-0.15, -0.1) is 0 Å². The van der Waals surface area contributed by atoms with Crippen molar-refractivity contribution in [3.05, 3.63) is 29.3 Å². The summed E-state index contributed by atoms with van der Waals surface area (Å²) in [7, 11) is 0. The molecular formula is C18H23ClN2OS. The van der Waals surface area contributed by atoms with Crippen molar-refractivity contribution >= 4 is 40.1 Å². The van der Waals surface area contributed by atoms with E-state index in [9.17, 15) is 4.79 Å². The molecule has 2 atom stereocenters. The number of carbonyl (C=O) groups excluding carboxylic acids is 1. The van der Waals surface area contributed by atoms with E-state index >= 15 is 0 Å². The summed E-state index contributed by atoms with van der Waals surface area (Å²) in [4.78, 5) is 19.2. The van der Waals surface area contributed by atoms with Crippen molar-refractivity contribution in [3.8, 4) is 0 Å². The highest BCUT2D eigenvalue weighted by Crippen LogP contribution is 2.38. The first-order chi connectivity index (χ1) is 11.2. The molecule has 1 fully saturated rings. The smallest absolute Gasteiger partial charge is 0.252 e. The first kappa shape index (κ1) is 16.8. The first-order valence-electron chi connectivity index (χ1n) is 8.51. The van der Waals surface area contributed by atoms with Crippen LogP contribution in [-0.4, -0.2) is 22.9 Å². The van der Waals surface area contributed by atoms with E-state index in [1.165, 1.54) is 12.8 Å². The van der Waals surface area contributed by atoms with E-state index in [1.807, 2.05) is 24.3 Å². The lowest BCUT2D eigenvalue weighted by Crippen LogP contribution is -2.38. The Balaban J connectivity index is 1.87. The average molecular weight is 351 g/mol. The molecule has 0 radical (unpaired) electrons. The quantitative estimate of drug-likeness (QED) is 0.757. The van der Waals surface area contributed by atoms with Crippen LogP contribution < -0.4 is 4.90 Å². The number of hydrogen-bond acceptors (Lipinski definition) is 3. The SMILES string of the molecule is CCCN(C1=NC(=O)C2CCCCCC2S1)c1ccc(Cl)cc1. The maximum Gasteiger partial charge on any atom is 0.252 e. The van der Waals surface area contributed by atoms with Gasteiger partial charge in [0, 0.05) is 22.5 Å². The zero-order valence-electron chi connectivity index (χ0n) is 13.5. The summed E-state index contributed by atoms with van der Waals surface area (Å²) >= 11 is 7.81. The lowest BCUT2D eigenvalue weighted by Gasteiger charge is -2.33. The van der Waals surface area contributed by atoms with Gasteiger partial charge in [-0.05, 0) is 43.5 Å². The van der Waals surface area contributed by atoms with Crippen molar-refractivity contribution in [1.82, 2.24) is 0 Å². The molecule has 0 spiro atoms. The normalized spacial score (nSPS) is 24.6. The third-order valence-corrected chi connectivity index (χ3v) is 6.19. The van der Waals surface area contributed by atoms with E-state index in [-0.39, 0.29) is 11.8 Å². The van der Waals surface area contributed by atoms with Gasteiger partial charge in [0.2, 0.25) is 0 Å². The van der Waals surface area contributed by atoms with Crippen molar-refractivity contribution in [2.75, 3.05) is 11.4 Å². The predicted molar refractivity (Wildman–Crippen MR) is 99.5 cm³/mol. The molecule has 0 aromatic heterocycles. The molecule has 1 heterocycles. The van der Waals surface area contributed by atoms with Gasteiger partial charge in [0.1, 0.15) is 0 Å². The Kier molecular flexibility index (Phi) is 5.65. The van der Waals surface area contributed by atoms with Gasteiger partial charge in [0.25, 0.3) is 5.91 Å². The van der Waals surface area contributed by atoms with Crippen LogP contribution in [0.1, 0.15) is 45.4 Å². The number of thioether (sulfide) groups is 1. The van der Waals surface area contributed by atoms with Gasteiger partial charge in [-0.1, -0.05) is 49.5 Å². The zero-order valence-corrected chi connectivity index (χ0v) is 15.1. The fourth-order valence-corrected chi connectivity index (χ4v) is 4.90. The van der Waals surface area contributed by atoms with E-state index in [4.69, 9.17) is 11.6 Å². The maximum atomic E-state index is 12.5. The van der Waals surface area contributed by atoms with Gasteiger partial charge in [-0.2, -0.15) is 4.99 Å². The van der Waals surface area contributed by atoms with Gasteiger partial charge in [0.05, 0.1) is 5.92 Å². The number of amidine groups is 1. The van der Waals surface area contributed by atoms with Gasteiger partial charge in [-0.3, -0.25) is 4.79 Å². The molecule has 3 nitrogen and oxygen atoms in total. The van der Waals surface area contributed by atoms with Crippen LogP contribution in [0, 0.1) is 5.92 Å². The molecule has 1 amide bonds. The summed E-state index contributed by atoms with van der Waals surface area (Å²) in [6, 6.07) is 7.79. The monoisotopic (exact) mass is 350 g/mol. The Morgan fingerprint density at radius 1 is 1.22 bits per heavy atom. The maximum absolute atomic E-state index is 12.5. The Morgan fingerprint density at radius 2 is 1.96 bits per heavy atom. The molecule has 1 aliphatic carbocycles. The van der Waals surface area contributed by atoms with E-state index in [2.05, 4.69) is 16.8 Å². The Hall–Kier alpha value is -1.00. The van der Waals surface area contributed by atoms with Crippen LogP contribution in [0.3, 0.4) is 0 Å². The number of rotatable bonds is 3. The van der Waals surface area contributed by atoms with Crippen LogP contribution in [0.5, 0.6) is 0 Å². The van der Waals surface area contributed by atoms with Crippen molar-refractivity contribution in [2.45, 2.75) is 50.7 Å². The highest BCUT2D eigenvalue weighted by Gasteiger charge is 2.36. The van der Waals surface area contributed by atoms with E-state index in [1.54, 1.807) is 11.8 Å². The van der Waals surface area contributed by atoms with E-state index < -0.39 is 0 Å². The minimum Gasteiger partial charge on any atom is -0.321 e. The fraction of sp³-hybridized carbons (Fsp3) is 0.556. The number of fused-ring (bicyclic) bond motifs is 1. The number of aliphatic imine (C=N–C) groups is 1. The van der Waals surface area contributed by atoms with Gasteiger partial charge < -0.3 is 4.90 Å². The lowest BCUT2D eigenvalue weighted by atomic mass is 9.99. The first-order valence-corrected chi connectivity index (χ1v) is 9.77. The number of hydrogen-bond donors (Lipinski definition) is 0. The second-order valence-electron chi connectivity index (χ2n) is 6.26. The Bertz CT molecular complexity index is 587. The highest BCUT2D eigenvalue weighted by molar-refractivity contribution is 8.14. The lowest BCUT2D eigenvalue weighted by molar-refractivity contribution is -0.121. The molecule has 0 N–H and O–H groups in total. The molecule has 2 unspecified atom stereocenters. The highest BCUT2D eigenvalue weighted by atomic mass is 35.5. The molecule has 0 bridgehead atoms. The molecule has 5 heteroatoms. The van der Waals surface area contributed by atoms with Crippen LogP contribution in [0.15, 0.2) is 29.3 Å². The number of anilines is 1. The molecule has 1 aliphatic heterocycles. The van der Waals surface area contributed by atoms with Crippen LogP contribution in [0.25, 0.3) is 0 Å². The largest absolute Gasteiger partial charge is 0.321 e. The summed E-state index contributed by atoms with van der Waals surface area (Å²) < 4.78 is 0. The molecule has 0 saturated heterocycles. The topological polar surface area (TPSA) is 32.7 Å². The summed E-state index contributed by atoms with van der Waals surface area (Å²) in [6.45, 7) is 3.01. The molecule has 124 valence electrons. The van der Waals surface area contributed by atoms with Crippen LogP contribution in [-0.2, 0) is 4.79 Å². The van der Waals surface area contributed by atoms with E-state index in [0.29, 0.717) is 5.25 Å². The number of halogens is 1. The number of amides is 1. The van der Waals surface area contributed by atoms with Crippen molar-refractivity contribution in [3.63, 3.8) is 0 Å². The third-order valence-electron chi connectivity index (χ3n) is 4.55. The summed E-state index contributed by atoms with van der Waals surface area (Å²) in [5.41, 5.74) is 1.06. The molecule has 1 aromatic rings. The van der Waals surface area contributed by atoms with Gasteiger partial charge in [-0.25, -0.2) is 0 Å². The molecule has 23 heavy (non-hydrogen) atoms. The summed E-state index contributed by atoms with van der Waals surface area (Å²) in [5, 5.41) is 1.98. The zero-order chi connectivity index (χ0) is 16.2. The summed E-state index contributed by atoms with van der Waals surface area (Å²) in [6.07, 6.45) is 6.76. The van der Waals surface area contributed by atoms with Gasteiger partial charge in [0.15, 0.2) is 5.17 Å². The minimum absolute atomic E-state index is 0.0840. The van der Waals surface area contributed by atoms with Crippen molar-refractivity contribution < 1.29 is 4.79 Å². The number of carbonyl (C=O) groups is 1. The van der Waals surface area contributed by atoms with Crippen LogP contribution in [0.4, 0.5) is 5.69 Å². The molecule has 3 rings (SSSR count). The standard InChI is InChI=1S/C18H23ClN2OS/c1-2-12-21(14-10-8-13(19)9-11-14)18-20-17(22)15-6-4-3-5-7-16(15)23-18/h8-11,15-16H,2-7,12H2,1H3. The molecular weight excluding hydrogens is 328 g/mol. The fourth-order valence-electron chi connectivity index (χ4n) is 3.34. The second-order valence-corrected chi connectivity index (χ2v) is 7.90. The van der Waals surface area contributed by atoms with Gasteiger partial charge >= 0.3 is 0 Å². The molecule has 2 aliphatic rings. The van der Waals surface area contributed by atoms with Crippen molar-refractivity contribution in [1.29, 1.82) is 0 Å². The Morgan fingerprint density at radius 3 is 2.70 bits per heavy atom. The van der Waals surface area contributed by atoms with Crippen molar-refractivity contribution in [2.24, 2.45) is 10.9 Å². The minimum atomic E-state index is 0.0840. The number of nitrogens with zero attached hydrogens (tertiary/aromatic N) is 2.